The van der Waals surface area contributed by atoms with Crippen molar-refractivity contribution >= 4 is 23.5 Å². The number of benzene rings is 2. The lowest BCUT2D eigenvalue weighted by atomic mass is 10.0. The summed E-state index contributed by atoms with van der Waals surface area (Å²) in [4.78, 5) is 22.2. The molecule has 6 heteroatoms. The minimum Gasteiger partial charge on any atom is -0.480 e. The van der Waals surface area contributed by atoms with Gasteiger partial charge < -0.3 is 10.2 Å². The Morgan fingerprint density at radius 2 is 1.71 bits per heavy atom. The molecule has 5 nitrogen and oxygen atoms in total. The third-order valence-corrected chi connectivity index (χ3v) is 3.91. The van der Waals surface area contributed by atoms with Crippen molar-refractivity contribution in [3.8, 4) is 11.1 Å². The number of carboxylic acids is 2. The second-order valence-corrected chi connectivity index (χ2v) is 5.97. The molecule has 24 heavy (non-hydrogen) atoms. The molecule has 0 saturated carbocycles. The highest BCUT2D eigenvalue weighted by Crippen LogP contribution is 2.23. The molecule has 0 amide bonds. The monoisotopic (exact) mass is 347 g/mol. The lowest BCUT2D eigenvalue weighted by molar-refractivity contribution is -0.142. The van der Waals surface area contributed by atoms with Gasteiger partial charge in [0.25, 0.3) is 0 Å². The standard InChI is InChI=1S/C18H18ClNO4/c1-11(17(21)22)20-16(18(23)24)9-12-5-7-13(8-6-12)14-3-2-4-15(19)10-14/h2-8,10-11,16,20H,9H2,1H3,(H,21,22)(H,23,24). The Hall–Kier alpha value is -2.37. The van der Waals surface area contributed by atoms with E-state index in [1.165, 1.54) is 6.92 Å². The minimum absolute atomic E-state index is 0.197. The van der Waals surface area contributed by atoms with Crippen molar-refractivity contribution < 1.29 is 19.8 Å². The highest BCUT2D eigenvalue weighted by molar-refractivity contribution is 6.30. The largest absolute Gasteiger partial charge is 0.480 e. The first-order valence-corrected chi connectivity index (χ1v) is 7.81. The van der Waals surface area contributed by atoms with Gasteiger partial charge in [0.15, 0.2) is 0 Å². The molecular formula is C18H18ClNO4. The number of hydrogen-bond donors (Lipinski definition) is 3. The van der Waals surface area contributed by atoms with Gasteiger partial charge in [0, 0.05) is 5.02 Å². The second-order valence-electron chi connectivity index (χ2n) is 5.53. The molecule has 2 aromatic carbocycles. The smallest absolute Gasteiger partial charge is 0.321 e. The van der Waals surface area contributed by atoms with E-state index in [1.807, 2.05) is 42.5 Å². The molecule has 126 valence electrons. The summed E-state index contributed by atoms with van der Waals surface area (Å²) in [5, 5.41) is 21.4. The topological polar surface area (TPSA) is 86.6 Å². The van der Waals surface area contributed by atoms with Crippen molar-refractivity contribution in [2.45, 2.75) is 25.4 Å². The molecule has 0 aliphatic heterocycles. The molecule has 0 radical (unpaired) electrons. The fraction of sp³-hybridized carbons (Fsp3) is 0.222. The summed E-state index contributed by atoms with van der Waals surface area (Å²) in [6.07, 6.45) is 0.197. The van der Waals surface area contributed by atoms with Crippen LogP contribution in [-0.4, -0.2) is 34.2 Å². The zero-order valence-electron chi connectivity index (χ0n) is 13.1. The average Bonchev–Trinajstić information content (AvgIpc) is 2.54. The Labute approximate surface area is 144 Å². The molecule has 0 aliphatic carbocycles. The Kier molecular flexibility index (Phi) is 5.95. The second kappa shape index (κ2) is 7.95. The van der Waals surface area contributed by atoms with E-state index in [0.29, 0.717) is 5.02 Å². The van der Waals surface area contributed by atoms with Gasteiger partial charge in [0.2, 0.25) is 0 Å². The van der Waals surface area contributed by atoms with Crippen LogP contribution in [0.4, 0.5) is 0 Å². The summed E-state index contributed by atoms with van der Waals surface area (Å²) in [5.74, 6) is -2.17. The maximum absolute atomic E-state index is 11.3. The van der Waals surface area contributed by atoms with Crippen LogP contribution in [0.15, 0.2) is 48.5 Å². The van der Waals surface area contributed by atoms with E-state index in [9.17, 15) is 14.7 Å². The molecule has 0 fully saturated rings. The third-order valence-electron chi connectivity index (χ3n) is 3.67. The molecule has 0 bridgehead atoms. The molecule has 3 N–H and O–H groups in total. The first-order chi connectivity index (χ1) is 11.4. The van der Waals surface area contributed by atoms with Gasteiger partial charge in [-0.05, 0) is 42.2 Å². The third kappa shape index (κ3) is 4.81. The van der Waals surface area contributed by atoms with Crippen molar-refractivity contribution in [3.05, 3.63) is 59.1 Å². The van der Waals surface area contributed by atoms with Crippen LogP contribution in [-0.2, 0) is 16.0 Å². The Bertz CT molecular complexity index is 730. The summed E-state index contributed by atoms with van der Waals surface area (Å²) in [5.41, 5.74) is 2.75. The number of carboxylic acid groups (broad SMARTS) is 2. The van der Waals surface area contributed by atoms with Crippen LogP contribution in [0.25, 0.3) is 11.1 Å². The van der Waals surface area contributed by atoms with Gasteiger partial charge in [-0.1, -0.05) is 48.0 Å². The van der Waals surface area contributed by atoms with Crippen LogP contribution in [0, 0.1) is 0 Å². The predicted molar refractivity (Wildman–Crippen MR) is 92.2 cm³/mol. The number of halogens is 1. The van der Waals surface area contributed by atoms with E-state index in [0.717, 1.165) is 16.7 Å². The summed E-state index contributed by atoms with van der Waals surface area (Å²) in [6, 6.07) is 13.0. The Morgan fingerprint density at radius 3 is 2.25 bits per heavy atom. The molecule has 0 heterocycles. The fourth-order valence-corrected chi connectivity index (χ4v) is 2.52. The van der Waals surface area contributed by atoms with Gasteiger partial charge in [0.1, 0.15) is 12.1 Å². The van der Waals surface area contributed by atoms with Crippen LogP contribution < -0.4 is 5.32 Å². The fourth-order valence-electron chi connectivity index (χ4n) is 2.33. The SMILES string of the molecule is CC(NC(Cc1ccc(-c2cccc(Cl)c2)cc1)C(=O)O)C(=O)O. The van der Waals surface area contributed by atoms with Gasteiger partial charge in [-0.3, -0.25) is 14.9 Å². The lowest BCUT2D eigenvalue weighted by Gasteiger charge is -2.17. The van der Waals surface area contributed by atoms with Gasteiger partial charge >= 0.3 is 11.9 Å². The van der Waals surface area contributed by atoms with E-state index < -0.39 is 24.0 Å². The lowest BCUT2D eigenvalue weighted by Crippen LogP contribution is -2.46. The van der Waals surface area contributed by atoms with Crippen LogP contribution in [0.5, 0.6) is 0 Å². The van der Waals surface area contributed by atoms with E-state index in [1.54, 1.807) is 6.07 Å². The Balaban J connectivity index is 2.11. The molecular weight excluding hydrogens is 330 g/mol. The van der Waals surface area contributed by atoms with Crippen LogP contribution in [0.2, 0.25) is 5.02 Å². The molecule has 2 atom stereocenters. The van der Waals surface area contributed by atoms with Gasteiger partial charge in [-0.25, -0.2) is 0 Å². The summed E-state index contributed by atoms with van der Waals surface area (Å²) in [6.45, 7) is 1.42. The molecule has 2 aromatic rings. The van der Waals surface area contributed by atoms with Gasteiger partial charge in [-0.15, -0.1) is 0 Å². The normalized spacial score (nSPS) is 13.2. The van der Waals surface area contributed by atoms with E-state index >= 15 is 0 Å². The first-order valence-electron chi connectivity index (χ1n) is 7.43. The van der Waals surface area contributed by atoms with E-state index in [4.69, 9.17) is 16.7 Å². The van der Waals surface area contributed by atoms with Gasteiger partial charge in [-0.2, -0.15) is 0 Å². The van der Waals surface area contributed by atoms with Crippen molar-refractivity contribution in [1.82, 2.24) is 5.32 Å². The van der Waals surface area contributed by atoms with Gasteiger partial charge in [0.05, 0.1) is 0 Å². The first kappa shape index (κ1) is 18.0. The maximum Gasteiger partial charge on any atom is 0.321 e. The molecule has 2 unspecified atom stereocenters. The van der Waals surface area contributed by atoms with Crippen molar-refractivity contribution in [1.29, 1.82) is 0 Å². The molecule has 0 aromatic heterocycles. The van der Waals surface area contributed by atoms with Crippen molar-refractivity contribution in [3.63, 3.8) is 0 Å². The molecule has 0 spiro atoms. The van der Waals surface area contributed by atoms with E-state index in [2.05, 4.69) is 5.32 Å². The Morgan fingerprint density at radius 1 is 1.04 bits per heavy atom. The number of nitrogens with one attached hydrogen (secondary N) is 1. The van der Waals surface area contributed by atoms with Crippen LogP contribution in [0.1, 0.15) is 12.5 Å². The summed E-state index contributed by atoms with van der Waals surface area (Å²) >= 11 is 5.98. The van der Waals surface area contributed by atoms with E-state index in [-0.39, 0.29) is 6.42 Å². The number of rotatable bonds is 7. The quantitative estimate of drug-likeness (QED) is 0.716. The molecule has 0 aliphatic rings. The molecule has 0 saturated heterocycles. The summed E-state index contributed by atoms with van der Waals surface area (Å²) in [7, 11) is 0. The molecule has 2 rings (SSSR count). The van der Waals surface area contributed by atoms with Crippen LogP contribution in [0.3, 0.4) is 0 Å². The summed E-state index contributed by atoms with van der Waals surface area (Å²) < 4.78 is 0. The number of aliphatic carboxylic acids is 2. The van der Waals surface area contributed by atoms with Crippen LogP contribution >= 0.6 is 11.6 Å². The number of carbonyl (C=O) groups is 2. The highest BCUT2D eigenvalue weighted by atomic mass is 35.5. The average molecular weight is 348 g/mol. The maximum atomic E-state index is 11.3. The zero-order chi connectivity index (χ0) is 17.7. The minimum atomic E-state index is -1.09. The van der Waals surface area contributed by atoms with Crippen molar-refractivity contribution in [2.24, 2.45) is 0 Å². The zero-order valence-corrected chi connectivity index (χ0v) is 13.8. The number of hydrogen-bond acceptors (Lipinski definition) is 3. The highest BCUT2D eigenvalue weighted by Gasteiger charge is 2.23. The predicted octanol–water partition coefficient (Wildman–Crippen LogP) is 3.07. The van der Waals surface area contributed by atoms with Crippen molar-refractivity contribution in [2.75, 3.05) is 0 Å².